The Morgan fingerprint density at radius 1 is 1.21 bits per heavy atom. The maximum Gasteiger partial charge on any atom is 0.241 e. The Balaban J connectivity index is 2.44. The van der Waals surface area contributed by atoms with Crippen molar-refractivity contribution in [3.63, 3.8) is 0 Å². The van der Waals surface area contributed by atoms with Crippen molar-refractivity contribution in [1.29, 1.82) is 0 Å². The molecule has 0 saturated carbocycles. The standard InChI is InChI=1S/C13H15N3O3/c1-8-6-14-5-4-9(8)12(17)11-13(19-3)16-10(18-2)7-15-11/h4-7,12,17H,1-3H3. The van der Waals surface area contributed by atoms with E-state index in [9.17, 15) is 5.11 Å². The SMILES string of the molecule is COc1cnc(C(O)c2ccncc2C)c(OC)n1. The third-order valence-corrected chi connectivity index (χ3v) is 2.76. The first-order chi connectivity index (χ1) is 9.17. The van der Waals surface area contributed by atoms with Gasteiger partial charge in [-0.25, -0.2) is 4.98 Å². The second-order valence-corrected chi connectivity index (χ2v) is 3.94. The highest BCUT2D eigenvalue weighted by Gasteiger charge is 2.20. The molecule has 19 heavy (non-hydrogen) atoms. The number of nitrogens with zero attached hydrogens (tertiary/aromatic N) is 3. The van der Waals surface area contributed by atoms with Gasteiger partial charge in [0.1, 0.15) is 11.8 Å². The van der Waals surface area contributed by atoms with Crippen LogP contribution in [0, 0.1) is 6.92 Å². The number of hydrogen-bond donors (Lipinski definition) is 1. The molecule has 0 aliphatic carbocycles. The molecule has 0 bridgehead atoms. The minimum absolute atomic E-state index is 0.239. The van der Waals surface area contributed by atoms with Gasteiger partial charge in [-0.2, -0.15) is 4.98 Å². The molecule has 0 aliphatic rings. The van der Waals surface area contributed by atoms with E-state index in [2.05, 4.69) is 15.0 Å². The van der Waals surface area contributed by atoms with Crippen LogP contribution in [0.5, 0.6) is 11.8 Å². The predicted molar refractivity (Wildman–Crippen MR) is 68.2 cm³/mol. The Bertz CT molecular complexity index is 575. The van der Waals surface area contributed by atoms with Crippen LogP contribution in [0.15, 0.2) is 24.7 Å². The van der Waals surface area contributed by atoms with Crippen LogP contribution in [0.25, 0.3) is 0 Å². The van der Waals surface area contributed by atoms with Gasteiger partial charge in [-0.3, -0.25) is 4.98 Å². The van der Waals surface area contributed by atoms with E-state index in [1.807, 2.05) is 6.92 Å². The number of aliphatic hydroxyl groups is 1. The summed E-state index contributed by atoms with van der Waals surface area (Å²) < 4.78 is 10.1. The van der Waals surface area contributed by atoms with Crippen LogP contribution in [-0.2, 0) is 0 Å². The second kappa shape index (κ2) is 5.62. The van der Waals surface area contributed by atoms with Gasteiger partial charge in [0.05, 0.1) is 20.4 Å². The summed E-state index contributed by atoms with van der Waals surface area (Å²) >= 11 is 0. The van der Waals surface area contributed by atoms with Crippen molar-refractivity contribution in [2.24, 2.45) is 0 Å². The second-order valence-electron chi connectivity index (χ2n) is 3.94. The van der Waals surface area contributed by atoms with E-state index in [0.717, 1.165) is 5.56 Å². The smallest absolute Gasteiger partial charge is 0.241 e. The molecule has 2 heterocycles. The maximum absolute atomic E-state index is 10.4. The normalized spacial score (nSPS) is 12.0. The van der Waals surface area contributed by atoms with E-state index in [-0.39, 0.29) is 5.88 Å². The molecule has 2 aromatic rings. The van der Waals surface area contributed by atoms with Gasteiger partial charge in [-0.05, 0) is 24.1 Å². The number of aromatic nitrogens is 3. The topological polar surface area (TPSA) is 77.4 Å². The molecule has 0 aromatic carbocycles. The van der Waals surface area contributed by atoms with Crippen molar-refractivity contribution < 1.29 is 14.6 Å². The molecule has 0 saturated heterocycles. The zero-order valence-corrected chi connectivity index (χ0v) is 11.0. The van der Waals surface area contributed by atoms with Crippen LogP contribution in [0.1, 0.15) is 22.9 Å². The third kappa shape index (κ3) is 2.63. The zero-order chi connectivity index (χ0) is 13.8. The highest BCUT2D eigenvalue weighted by atomic mass is 16.5. The molecule has 0 fully saturated rings. The van der Waals surface area contributed by atoms with E-state index in [1.54, 1.807) is 18.5 Å². The Hall–Kier alpha value is -2.21. The fraction of sp³-hybridized carbons (Fsp3) is 0.308. The van der Waals surface area contributed by atoms with E-state index in [1.165, 1.54) is 20.4 Å². The molecule has 6 nitrogen and oxygen atoms in total. The van der Waals surface area contributed by atoms with Gasteiger partial charge >= 0.3 is 0 Å². The molecule has 100 valence electrons. The molecule has 0 amide bonds. The zero-order valence-electron chi connectivity index (χ0n) is 11.0. The van der Waals surface area contributed by atoms with Gasteiger partial charge in [0.25, 0.3) is 0 Å². The molecule has 0 aliphatic heterocycles. The predicted octanol–water partition coefficient (Wildman–Crippen LogP) is 1.28. The summed E-state index contributed by atoms with van der Waals surface area (Å²) in [4.78, 5) is 12.3. The van der Waals surface area contributed by atoms with Crippen LogP contribution in [0.3, 0.4) is 0 Å². The number of methoxy groups -OCH3 is 2. The summed E-state index contributed by atoms with van der Waals surface area (Å²) in [6.07, 6.45) is 3.82. The number of rotatable bonds is 4. The lowest BCUT2D eigenvalue weighted by Gasteiger charge is -2.15. The van der Waals surface area contributed by atoms with Gasteiger partial charge in [-0.15, -0.1) is 0 Å². The number of aryl methyl sites for hydroxylation is 1. The van der Waals surface area contributed by atoms with E-state index in [0.29, 0.717) is 17.1 Å². The Morgan fingerprint density at radius 3 is 2.63 bits per heavy atom. The number of aliphatic hydroxyl groups excluding tert-OH is 1. The van der Waals surface area contributed by atoms with Crippen molar-refractivity contribution in [3.8, 4) is 11.8 Å². The molecule has 1 N–H and O–H groups in total. The van der Waals surface area contributed by atoms with Crippen molar-refractivity contribution >= 4 is 0 Å². The molecule has 0 radical (unpaired) electrons. The van der Waals surface area contributed by atoms with Crippen LogP contribution in [0.2, 0.25) is 0 Å². The lowest BCUT2D eigenvalue weighted by molar-refractivity contribution is 0.206. The largest absolute Gasteiger partial charge is 0.480 e. The van der Waals surface area contributed by atoms with Gasteiger partial charge < -0.3 is 14.6 Å². The molecule has 6 heteroatoms. The fourth-order valence-corrected chi connectivity index (χ4v) is 1.74. The average Bonchev–Trinajstić information content (AvgIpc) is 2.46. The molecule has 1 unspecified atom stereocenters. The third-order valence-electron chi connectivity index (χ3n) is 2.76. The lowest BCUT2D eigenvalue weighted by Crippen LogP contribution is -2.08. The molecular weight excluding hydrogens is 246 g/mol. The first kappa shape index (κ1) is 13.2. The minimum atomic E-state index is -0.920. The number of ether oxygens (including phenoxy) is 2. The van der Waals surface area contributed by atoms with E-state index in [4.69, 9.17) is 9.47 Å². The summed E-state index contributed by atoms with van der Waals surface area (Å²) in [6.45, 7) is 1.87. The Morgan fingerprint density at radius 2 is 2.00 bits per heavy atom. The lowest BCUT2D eigenvalue weighted by atomic mass is 10.0. The van der Waals surface area contributed by atoms with E-state index >= 15 is 0 Å². The Labute approximate surface area is 111 Å². The fourth-order valence-electron chi connectivity index (χ4n) is 1.74. The molecule has 1 atom stereocenters. The first-order valence-electron chi connectivity index (χ1n) is 5.71. The van der Waals surface area contributed by atoms with Gasteiger partial charge in [-0.1, -0.05) is 0 Å². The van der Waals surface area contributed by atoms with Crippen LogP contribution in [-0.4, -0.2) is 34.3 Å². The van der Waals surface area contributed by atoms with E-state index < -0.39 is 6.10 Å². The Kier molecular flexibility index (Phi) is 3.91. The van der Waals surface area contributed by atoms with Crippen molar-refractivity contribution in [3.05, 3.63) is 41.5 Å². The maximum atomic E-state index is 10.4. The van der Waals surface area contributed by atoms with Gasteiger partial charge in [0.15, 0.2) is 0 Å². The molecular formula is C13H15N3O3. The highest BCUT2D eigenvalue weighted by Crippen LogP contribution is 2.29. The van der Waals surface area contributed by atoms with Crippen LogP contribution < -0.4 is 9.47 Å². The van der Waals surface area contributed by atoms with Crippen molar-refractivity contribution in [2.45, 2.75) is 13.0 Å². The minimum Gasteiger partial charge on any atom is -0.480 e. The monoisotopic (exact) mass is 261 g/mol. The summed E-state index contributed by atoms with van der Waals surface area (Å²) in [6, 6.07) is 1.74. The summed E-state index contributed by atoms with van der Waals surface area (Å²) in [5.41, 5.74) is 1.93. The van der Waals surface area contributed by atoms with Gasteiger partial charge in [0.2, 0.25) is 11.8 Å². The number of pyridine rings is 1. The molecule has 0 spiro atoms. The first-order valence-corrected chi connectivity index (χ1v) is 5.71. The molecule has 2 rings (SSSR count). The average molecular weight is 261 g/mol. The van der Waals surface area contributed by atoms with Crippen LogP contribution >= 0.6 is 0 Å². The molecule has 2 aromatic heterocycles. The van der Waals surface area contributed by atoms with Crippen molar-refractivity contribution in [2.75, 3.05) is 14.2 Å². The number of hydrogen-bond acceptors (Lipinski definition) is 6. The quantitative estimate of drug-likeness (QED) is 0.893. The highest BCUT2D eigenvalue weighted by molar-refractivity contribution is 5.35. The summed E-state index contributed by atoms with van der Waals surface area (Å²) in [5.74, 6) is 0.572. The van der Waals surface area contributed by atoms with Crippen LogP contribution in [0.4, 0.5) is 0 Å². The van der Waals surface area contributed by atoms with Gasteiger partial charge in [0, 0.05) is 12.4 Å². The summed E-state index contributed by atoms with van der Waals surface area (Å²) in [7, 11) is 2.96. The van der Waals surface area contributed by atoms with Crippen molar-refractivity contribution in [1.82, 2.24) is 15.0 Å². The summed E-state index contributed by atoms with van der Waals surface area (Å²) in [5, 5.41) is 10.4.